The number of nitrogens with zero attached hydrogens (tertiary/aromatic N) is 2. The van der Waals surface area contributed by atoms with E-state index in [4.69, 9.17) is 41.2 Å². The van der Waals surface area contributed by atoms with Gasteiger partial charge in [0.25, 0.3) is 0 Å². The highest BCUT2D eigenvalue weighted by Crippen LogP contribution is 2.30. The summed E-state index contributed by atoms with van der Waals surface area (Å²) >= 11 is 17.0. The highest BCUT2D eigenvalue weighted by atomic mass is 35.5. The zero-order chi connectivity index (χ0) is 14.2. The molecule has 1 aromatic heterocycles. The first-order valence-corrected chi connectivity index (χ1v) is 6.62. The molecule has 19 heavy (non-hydrogen) atoms. The molecule has 1 aromatic carbocycles. The number of anilines is 2. The van der Waals surface area contributed by atoms with E-state index in [2.05, 4.69) is 10.4 Å². The Labute approximate surface area is 126 Å². The number of thiocarbonyl (C=S) groups is 1. The van der Waals surface area contributed by atoms with Crippen LogP contribution in [0.5, 0.6) is 0 Å². The van der Waals surface area contributed by atoms with Crippen LogP contribution in [0.25, 0.3) is 0 Å². The summed E-state index contributed by atoms with van der Waals surface area (Å²) in [6, 6.07) is 5.20. The van der Waals surface area contributed by atoms with Crippen LogP contribution in [0.15, 0.2) is 18.2 Å². The van der Waals surface area contributed by atoms with Gasteiger partial charge in [-0.15, -0.1) is 0 Å². The van der Waals surface area contributed by atoms with Gasteiger partial charge < -0.3 is 11.1 Å². The van der Waals surface area contributed by atoms with Crippen molar-refractivity contribution in [1.29, 1.82) is 0 Å². The molecule has 0 atom stereocenters. The van der Waals surface area contributed by atoms with Gasteiger partial charge in [-0.2, -0.15) is 5.10 Å². The Balaban J connectivity index is 2.46. The third kappa shape index (κ3) is 2.83. The summed E-state index contributed by atoms with van der Waals surface area (Å²) in [6.07, 6.45) is 0. The van der Waals surface area contributed by atoms with Crippen LogP contribution in [-0.4, -0.2) is 14.8 Å². The largest absolute Gasteiger partial charge is 0.389 e. The Hall–Kier alpha value is -1.30. The fourth-order valence-corrected chi connectivity index (χ4v) is 2.52. The average Bonchev–Trinajstić information content (AvgIpc) is 2.57. The highest BCUT2D eigenvalue weighted by molar-refractivity contribution is 7.80. The van der Waals surface area contributed by atoms with Gasteiger partial charge >= 0.3 is 0 Å². The number of hydrogen-bond donors (Lipinski definition) is 2. The van der Waals surface area contributed by atoms with Gasteiger partial charge in [-0.1, -0.05) is 35.4 Å². The van der Waals surface area contributed by atoms with Crippen LogP contribution in [0.1, 0.15) is 11.3 Å². The summed E-state index contributed by atoms with van der Waals surface area (Å²) in [6.45, 7) is 1.85. The summed E-state index contributed by atoms with van der Waals surface area (Å²) in [5, 5.41) is 8.56. The summed E-state index contributed by atoms with van der Waals surface area (Å²) in [4.78, 5) is 0.290. The molecule has 0 fully saturated rings. The SMILES string of the molecule is Cc1nn(C)c(Nc2ccc(Cl)cc2Cl)c1C(N)=S. The summed E-state index contributed by atoms with van der Waals surface area (Å²) in [5.41, 5.74) is 7.92. The third-order valence-corrected chi connectivity index (χ3v) is 3.40. The van der Waals surface area contributed by atoms with Gasteiger partial charge in [0.1, 0.15) is 10.8 Å². The van der Waals surface area contributed by atoms with E-state index in [1.165, 1.54) is 0 Å². The van der Waals surface area contributed by atoms with Crippen LogP contribution in [0.3, 0.4) is 0 Å². The molecule has 0 aliphatic rings. The van der Waals surface area contributed by atoms with Gasteiger partial charge in [0.2, 0.25) is 0 Å². The Morgan fingerprint density at radius 1 is 1.42 bits per heavy atom. The van der Waals surface area contributed by atoms with Gasteiger partial charge in [0, 0.05) is 12.1 Å². The molecule has 0 aliphatic carbocycles. The number of hydrogen-bond acceptors (Lipinski definition) is 3. The Kier molecular flexibility index (Phi) is 3.99. The van der Waals surface area contributed by atoms with Crippen molar-refractivity contribution in [3.05, 3.63) is 39.5 Å². The monoisotopic (exact) mass is 314 g/mol. The second-order valence-corrected chi connectivity index (χ2v) is 5.33. The van der Waals surface area contributed by atoms with Gasteiger partial charge in [0.05, 0.1) is 22.0 Å². The van der Waals surface area contributed by atoms with E-state index in [0.29, 0.717) is 27.1 Å². The van der Waals surface area contributed by atoms with Crippen molar-refractivity contribution in [1.82, 2.24) is 9.78 Å². The fourth-order valence-electron chi connectivity index (χ4n) is 1.81. The molecule has 0 unspecified atom stereocenters. The van der Waals surface area contributed by atoms with Crippen LogP contribution in [0, 0.1) is 6.92 Å². The van der Waals surface area contributed by atoms with Crippen LogP contribution in [-0.2, 0) is 7.05 Å². The van der Waals surface area contributed by atoms with Gasteiger partial charge in [-0.05, 0) is 25.1 Å². The Morgan fingerprint density at radius 3 is 2.68 bits per heavy atom. The normalized spacial score (nSPS) is 10.5. The molecule has 2 aromatic rings. The maximum absolute atomic E-state index is 6.13. The molecule has 3 N–H and O–H groups in total. The van der Waals surface area contributed by atoms with Crippen molar-refractivity contribution in [3.63, 3.8) is 0 Å². The number of rotatable bonds is 3. The molecule has 0 radical (unpaired) electrons. The summed E-state index contributed by atoms with van der Waals surface area (Å²) in [5.74, 6) is 0.703. The first kappa shape index (κ1) is 14.1. The highest BCUT2D eigenvalue weighted by Gasteiger charge is 2.16. The minimum atomic E-state index is 0.290. The molecule has 0 amide bonds. The molecule has 0 aliphatic heterocycles. The zero-order valence-corrected chi connectivity index (χ0v) is 12.7. The van der Waals surface area contributed by atoms with E-state index < -0.39 is 0 Å². The number of aromatic nitrogens is 2. The van der Waals surface area contributed by atoms with Crippen molar-refractivity contribution < 1.29 is 0 Å². The lowest BCUT2D eigenvalue weighted by molar-refractivity contribution is 0.765. The molecule has 0 saturated carbocycles. The minimum absolute atomic E-state index is 0.290. The molecule has 1 heterocycles. The first-order valence-electron chi connectivity index (χ1n) is 5.45. The van der Waals surface area contributed by atoms with Crippen molar-refractivity contribution >= 4 is 51.9 Å². The number of benzene rings is 1. The van der Waals surface area contributed by atoms with E-state index in [-0.39, 0.29) is 4.99 Å². The van der Waals surface area contributed by atoms with Gasteiger partial charge in [0.15, 0.2) is 0 Å². The Bertz CT molecular complexity index is 651. The average molecular weight is 315 g/mol. The third-order valence-electron chi connectivity index (χ3n) is 2.65. The van der Waals surface area contributed by atoms with Crippen molar-refractivity contribution in [2.45, 2.75) is 6.92 Å². The molecule has 7 heteroatoms. The quantitative estimate of drug-likeness (QED) is 0.852. The smallest absolute Gasteiger partial charge is 0.138 e. The maximum atomic E-state index is 6.13. The summed E-state index contributed by atoms with van der Waals surface area (Å²) in [7, 11) is 1.81. The predicted octanol–water partition coefficient (Wildman–Crippen LogP) is 3.41. The number of nitrogens with two attached hydrogens (primary N) is 1. The molecule has 2 rings (SSSR count). The van der Waals surface area contributed by atoms with E-state index in [1.54, 1.807) is 29.9 Å². The molecule has 4 nitrogen and oxygen atoms in total. The van der Waals surface area contributed by atoms with Crippen LogP contribution in [0.4, 0.5) is 11.5 Å². The van der Waals surface area contributed by atoms with E-state index in [0.717, 1.165) is 5.69 Å². The molecule has 100 valence electrons. The molecule has 0 saturated heterocycles. The van der Waals surface area contributed by atoms with Gasteiger partial charge in [-0.3, -0.25) is 4.68 Å². The molecular formula is C12H12Cl2N4S. The lowest BCUT2D eigenvalue weighted by atomic mass is 10.2. The fraction of sp³-hybridized carbons (Fsp3) is 0.167. The van der Waals surface area contributed by atoms with Crippen molar-refractivity contribution in [3.8, 4) is 0 Å². The number of nitrogens with one attached hydrogen (secondary N) is 1. The van der Waals surface area contributed by atoms with Crippen LogP contribution in [0.2, 0.25) is 10.0 Å². The number of halogens is 2. The maximum Gasteiger partial charge on any atom is 0.138 e. The Morgan fingerprint density at radius 2 is 2.11 bits per heavy atom. The first-order chi connectivity index (χ1) is 8.90. The van der Waals surface area contributed by atoms with Crippen molar-refractivity contribution in [2.75, 3.05) is 5.32 Å². The number of aryl methyl sites for hydroxylation is 2. The second kappa shape index (κ2) is 5.36. The zero-order valence-electron chi connectivity index (χ0n) is 10.4. The topological polar surface area (TPSA) is 55.9 Å². The molecule has 0 spiro atoms. The molecule has 0 bridgehead atoms. The van der Waals surface area contributed by atoms with E-state index >= 15 is 0 Å². The summed E-state index contributed by atoms with van der Waals surface area (Å²) < 4.78 is 1.68. The second-order valence-electron chi connectivity index (χ2n) is 4.05. The van der Waals surface area contributed by atoms with Gasteiger partial charge in [-0.25, -0.2) is 0 Å². The lowest BCUT2D eigenvalue weighted by Crippen LogP contribution is -2.13. The van der Waals surface area contributed by atoms with Crippen LogP contribution < -0.4 is 11.1 Å². The minimum Gasteiger partial charge on any atom is -0.389 e. The predicted molar refractivity (Wildman–Crippen MR) is 83.6 cm³/mol. The lowest BCUT2D eigenvalue weighted by Gasteiger charge is -2.11. The van der Waals surface area contributed by atoms with Crippen LogP contribution >= 0.6 is 35.4 Å². The molecular weight excluding hydrogens is 303 g/mol. The van der Waals surface area contributed by atoms with E-state index in [1.807, 2.05) is 6.92 Å². The standard InChI is InChI=1S/C12H12Cl2N4S/c1-6-10(11(15)19)12(18(2)17-6)16-9-4-3-7(13)5-8(9)14/h3-5,16H,1-2H3,(H2,15,19). The van der Waals surface area contributed by atoms with Crippen molar-refractivity contribution in [2.24, 2.45) is 12.8 Å². The van der Waals surface area contributed by atoms with E-state index in [9.17, 15) is 0 Å².